The van der Waals surface area contributed by atoms with E-state index in [4.69, 9.17) is 9.05 Å². The lowest BCUT2D eigenvalue weighted by molar-refractivity contribution is -0.384. The average Bonchev–Trinajstić information content (AvgIpc) is 2.40. The number of nitrogens with zero attached hydrogens (tertiary/aromatic N) is 1. The summed E-state index contributed by atoms with van der Waals surface area (Å²) in [4.78, 5) is 10.4. The number of nitro benzene ring substituents is 1. The lowest BCUT2D eigenvalue weighted by atomic mass is 10.3. The molecule has 0 aliphatic rings. The van der Waals surface area contributed by atoms with Gasteiger partial charge in [-0.3, -0.25) is 23.7 Å². The number of phosphoric ester groups is 1. The summed E-state index contributed by atoms with van der Waals surface area (Å²) in [7, 11) is -1.90. The van der Waals surface area contributed by atoms with Crippen LogP contribution in [0.2, 0.25) is 0 Å². The Morgan fingerprint density at radius 1 is 1.20 bits per heavy atom. The molecule has 7 nitrogen and oxygen atoms in total. The highest BCUT2D eigenvalue weighted by atomic mass is 32.1. The van der Waals surface area contributed by atoms with Crippen molar-refractivity contribution < 1.29 is 23.1 Å². The van der Waals surface area contributed by atoms with Gasteiger partial charge in [-0.25, -0.2) is 4.57 Å². The number of rotatable bonds is 6. The maximum Gasteiger partial charge on any atom is 0.474 e. The van der Waals surface area contributed by atoms with Crippen LogP contribution in [0.15, 0.2) is 29.2 Å². The van der Waals surface area contributed by atoms with Crippen LogP contribution in [-0.4, -0.2) is 25.2 Å². The first-order valence-electron chi connectivity index (χ1n) is 5.76. The fourth-order valence-electron chi connectivity index (χ4n) is 1.03. The third kappa shape index (κ3) is 7.62. The predicted molar refractivity (Wildman–Crippen MR) is 78.2 cm³/mol. The van der Waals surface area contributed by atoms with E-state index in [1.54, 1.807) is 26.0 Å². The topological polar surface area (TPSA) is 87.9 Å². The molecule has 0 saturated heterocycles. The first kappa shape index (κ1) is 19.1. The van der Waals surface area contributed by atoms with Crippen LogP contribution in [0.5, 0.6) is 0 Å². The maximum absolute atomic E-state index is 11.1. The summed E-state index contributed by atoms with van der Waals surface area (Å²) >= 11 is 3.98. The largest absolute Gasteiger partial charge is 0.474 e. The van der Waals surface area contributed by atoms with Gasteiger partial charge in [-0.1, -0.05) is 0 Å². The molecule has 9 heteroatoms. The lowest BCUT2D eigenvalue weighted by Gasteiger charge is -2.12. The normalized spacial score (nSPS) is 10.6. The van der Waals surface area contributed by atoms with Crippen LogP contribution in [0.3, 0.4) is 0 Å². The molecule has 0 unspecified atom stereocenters. The standard InChI is InChI=1S/C6H5NO2S.C5H13O4P/c8-7(9)5-1-3-6(10)4-2-5;1-4-8-10(6,7-3)9-5-2/h1-4,10H;4-5H2,1-3H3. The second kappa shape index (κ2) is 9.90. The number of hydrogen-bond acceptors (Lipinski definition) is 7. The Morgan fingerprint density at radius 2 is 1.65 bits per heavy atom. The van der Waals surface area contributed by atoms with Gasteiger partial charge < -0.3 is 0 Å². The second-order valence-corrected chi connectivity index (χ2v) is 5.53. The molecule has 0 atom stereocenters. The molecule has 20 heavy (non-hydrogen) atoms. The van der Waals surface area contributed by atoms with Gasteiger partial charge in [0, 0.05) is 24.1 Å². The fraction of sp³-hybridized carbons (Fsp3) is 0.455. The van der Waals surface area contributed by atoms with E-state index in [2.05, 4.69) is 17.2 Å². The highest BCUT2D eigenvalue weighted by Gasteiger charge is 2.22. The Labute approximate surface area is 123 Å². The van der Waals surface area contributed by atoms with Crippen molar-refractivity contribution >= 4 is 26.1 Å². The molecule has 0 heterocycles. The molecule has 1 rings (SSSR count). The molecular formula is C11H18NO6PS. The summed E-state index contributed by atoms with van der Waals surface area (Å²) in [5, 5.41) is 10.1. The third-order valence-corrected chi connectivity index (χ3v) is 3.75. The van der Waals surface area contributed by atoms with Gasteiger partial charge in [0.15, 0.2) is 0 Å². The third-order valence-electron chi connectivity index (χ3n) is 1.86. The van der Waals surface area contributed by atoms with Crippen molar-refractivity contribution in [1.82, 2.24) is 0 Å². The second-order valence-electron chi connectivity index (χ2n) is 3.24. The molecule has 0 spiro atoms. The minimum Gasteiger partial charge on any atom is -0.290 e. The number of hydrogen-bond donors (Lipinski definition) is 1. The highest BCUT2D eigenvalue weighted by Crippen LogP contribution is 2.47. The molecule has 0 bridgehead atoms. The van der Waals surface area contributed by atoms with Gasteiger partial charge in [-0.05, 0) is 26.0 Å². The zero-order valence-corrected chi connectivity index (χ0v) is 13.3. The van der Waals surface area contributed by atoms with E-state index in [9.17, 15) is 14.7 Å². The maximum atomic E-state index is 11.1. The van der Waals surface area contributed by atoms with Crippen molar-refractivity contribution in [2.24, 2.45) is 0 Å². The van der Waals surface area contributed by atoms with Gasteiger partial charge in [0.25, 0.3) is 5.69 Å². The summed E-state index contributed by atoms with van der Waals surface area (Å²) in [5.41, 5.74) is 0.0952. The molecule has 0 fully saturated rings. The summed E-state index contributed by atoms with van der Waals surface area (Å²) < 4.78 is 25.1. The summed E-state index contributed by atoms with van der Waals surface area (Å²) in [5.74, 6) is 0. The van der Waals surface area contributed by atoms with E-state index in [0.29, 0.717) is 13.2 Å². The van der Waals surface area contributed by atoms with Crippen molar-refractivity contribution in [3.63, 3.8) is 0 Å². The van der Waals surface area contributed by atoms with Gasteiger partial charge in [0.2, 0.25) is 0 Å². The van der Waals surface area contributed by atoms with E-state index < -0.39 is 12.7 Å². The minimum atomic E-state index is -3.20. The van der Waals surface area contributed by atoms with Crippen molar-refractivity contribution in [2.75, 3.05) is 20.3 Å². The first-order valence-corrected chi connectivity index (χ1v) is 7.67. The van der Waals surface area contributed by atoms with Gasteiger partial charge in [-0.15, -0.1) is 12.6 Å². The van der Waals surface area contributed by atoms with Gasteiger partial charge >= 0.3 is 7.82 Å². The van der Waals surface area contributed by atoms with E-state index in [1.165, 1.54) is 19.2 Å². The molecule has 0 aliphatic carbocycles. The number of benzene rings is 1. The number of non-ortho nitro benzene ring substituents is 1. The molecule has 0 aliphatic heterocycles. The van der Waals surface area contributed by atoms with E-state index >= 15 is 0 Å². The highest BCUT2D eigenvalue weighted by molar-refractivity contribution is 7.80. The van der Waals surface area contributed by atoms with Gasteiger partial charge in [-0.2, -0.15) is 0 Å². The zero-order valence-electron chi connectivity index (χ0n) is 11.5. The van der Waals surface area contributed by atoms with Crippen molar-refractivity contribution in [1.29, 1.82) is 0 Å². The molecular weight excluding hydrogens is 305 g/mol. The summed E-state index contributed by atoms with van der Waals surface area (Å²) in [6.45, 7) is 4.10. The monoisotopic (exact) mass is 323 g/mol. The van der Waals surface area contributed by atoms with Crippen LogP contribution in [0.1, 0.15) is 13.8 Å². The number of phosphoric acid groups is 1. The van der Waals surface area contributed by atoms with Crippen LogP contribution in [0.25, 0.3) is 0 Å². The Hall–Kier alpha value is -0.920. The SMILES string of the molecule is CCOP(=O)(OC)OCC.O=[N+]([O-])c1ccc(S)cc1. The molecule has 1 aromatic carbocycles. The van der Waals surface area contributed by atoms with Crippen molar-refractivity contribution in [3.05, 3.63) is 34.4 Å². The van der Waals surface area contributed by atoms with E-state index in [-0.39, 0.29) is 5.69 Å². The Kier molecular flexibility index (Phi) is 9.45. The minimum absolute atomic E-state index is 0.0952. The molecule has 0 radical (unpaired) electrons. The summed E-state index contributed by atoms with van der Waals surface area (Å²) in [6.07, 6.45) is 0. The Morgan fingerprint density at radius 3 is 1.95 bits per heavy atom. The average molecular weight is 323 g/mol. The van der Waals surface area contributed by atoms with Gasteiger partial charge in [0.1, 0.15) is 0 Å². The van der Waals surface area contributed by atoms with E-state index in [1.807, 2.05) is 0 Å². The van der Waals surface area contributed by atoms with Gasteiger partial charge in [0.05, 0.1) is 18.1 Å². The van der Waals surface area contributed by atoms with Crippen LogP contribution < -0.4 is 0 Å². The van der Waals surface area contributed by atoms with Crippen LogP contribution >= 0.6 is 20.5 Å². The molecule has 1 aromatic rings. The molecule has 0 amide bonds. The smallest absolute Gasteiger partial charge is 0.290 e. The molecule has 0 aromatic heterocycles. The zero-order chi connectivity index (χ0) is 15.6. The first-order chi connectivity index (χ1) is 9.38. The fourth-order valence-corrected chi connectivity index (χ4v) is 2.10. The van der Waals surface area contributed by atoms with Crippen molar-refractivity contribution in [2.45, 2.75) is 18.7 Å². The molecule has 0 saturated carbocycles. The Bertz CT molecular complexity index is 443. The molecule has 114 valence electrons. The van der Waals surface area contributed by atoms with Crippen LogP contribution in [-0.2, 0) is 18.1 Å². The van der Waals surface area contributed by atoms with Crippen LogP contribution in [0.4, 0.5) is 5.69 Å². The number of nitro groups is 1. The lowest BCUT2D eigenvalue weighted by Crippen LogP contribution is -1.96. The number of thiol groups is 1. The van der Waals surface area contributed by atoms with Crippen molar-refractivity contribution in [3.8, 4) is 0 Å². The molecule has 0 N–H and O–H groups in total. The van der Waals surface area contributed by atoms with Crippen LogP contribution in [0, 0.1) is 10.1 Å². The van der Waals surface area contributed by atoms with E-state index in [0.717, 1.165) is 4.90 Å². The predicted octanol–water partition coefficient (Wildman–Crippen LogP) is 3.70. The summed E-state index contributed by atoms with van der Waals surface area (Å²) in [6, 6.07) is 6.01. The Balaban J connectivity index is 0.000000361. The quantitative estimate of drug-likeness (QED) is 0.372.